The number of ether oxygens (including phenoxy) is 1. The van der Waals surface area contributed by atoms with Crippen LogP contribution in [0.15, 0.2) is 35.9 Å². The summed E-state index contributed by atoms with van der Waals surface area (Å²) in [7, 11) is -3.54. The van der Waals surface area contributed by atoms with E-state index in [4.69, 9.17) is 4.74 Å². The number of aromatic nitrogens is 4. The standard InChI is InChI=1S/C13H17N5O3S/c19-22(20,13-6-16-17-7-13)18-3-4-21-9-11(8-18)5-12-1-2-14-10-15-12/h1-2,6-7,10-11H,3-5,8-9H2,(H,16,17)/t11-/m1/s1. The zero-order valence-electron chi connectivity index (χ0n) is 11.9. The van der Waals surface area contributed by atoms with Gasteiger partial charge in [0.2, 0.25) is 10.0 Å². The third-order valence-corrected chi connectivity index (χ3v) is 5.38. The van der Waals surface area contributed by atoms with E-state index in [1.54, 1.807) is 6.20 Å². The van der Waals surface area contributed by atoms with E-state index in [0.29, 0.717) is 32.7 Å². The van der Waals surface area contributed by atoms with Crippen molar-refractivity contribution in [2.75, 3.05) is 26.3 Å². The van der Waals surface area contributed by atoms with Crippen LogP contribution in [-0.4, -0.2) is 59.2 Å². The van der Waals surface area contributed by atoms with E-state index in [-0.39, 0.29) is 10.8 Å². The first kappa shape index (κ1) is 15.1. The summed E-state index contributed by atoms with van der Waals surface area (Å²) >= 11 is 0. The van der Waals surface area contributed by atoms with Crippen molar-refractivity contribution < 1.29 is 13.2 Å². The second kappa shape index (κ2) is 6.51. The van der Waals surface area contributed by atoms with Gasteiger partial charge in [-0.1, -0.05) is 0 Å². The van der Waals surface area contributed by atoms with Gasteiger partial charge in [-0.2, -0.15) is 9.40 Å². The predicted molar refractivity (Wildman–Crippen MR) is 77.4 cm³/mol. The average molecular weight is 323 g/mol. The number of rotatable bonds is 4. The SMILES string of the molecule is O=S(=O)(c1cn[nH]c1)N1CCOC[C@H](Cc2ccncn2)C1. The number of nitrogens with one attached hydrogen (secondary N) is 1. The van der Waals surface area contributed by atoms with Crippen LogP contribution in [0.5, 0.6) is 0 Å². The number of sulfonamides is 1. The molecule has 0 radical (unpaired) electrons. The normalized spacial score (nSPS) is 20.6. The number of aromatic amines is 1. The van der Waals surface area contributed by atoms with Gasteiger partial charge in [-0.05, 0) is 12.5 Å². The molecule has 1 aliphatic heterocycles. The minimum Gasteiger partial charge on any atom is -0.380 e. The molecule has 2 aromatic heterocycles. The van der Waals surface area contributed by atoms with Crippen LogP contribution in [-0.2, 0) is 21.2 Å². The summed E-state index contributed by atoms with van der Waals surface area (Å²) in [6.45, 7) is 1.64. The van der Waals surface area contributed by atoms with Gasteiger partial charge in [0, 0.05) is 37.1 Å². The smallest absolute Gasteiger partial charge is 0.246 e. The van der Waals surface area contributed by atoms with Crippen LogP contribution < -0.4 is 0 Å². The number of H-pyrrole nitrogens is 1. The van der Waals surface area contributed by atoms with Crippen molar-refractivity contribution in [3.8, 4) is 0 Å². The highest BCUT2D eigenvalue weighted by atomic mass is 32.2. The fourth-order valence-corrected chi connectivity index (χ4v) is 3.86. The zero-order valence-corrected chi connectivity index (χ0v) is 12.7. The molecule has 118 valence electrons. The molecule has 1 atom stereocenters. The molecule has 8 nitrogen and oxygen atoms in total. The summed E-state index contributed by atoms with van der Waals surface area (Å²) in [5, 5.41) is 6.25. The molecule has 0 amide bonds. The summed E-state index contributed by atoms with van der Waals surface area (Å²) in [4.78, 5) is 8.25. The maximum Gasteiger partial charge on any atom is 0.246 e. The maximum absolute atomic E-state index is 12.6. The van der Waals surface area contributed by atoms with Gasteiger partial charge in [0.1, 0.15) is 11.2 Å². The van der Waals surface area contributed by atoms with Gasteiger partial charge in [-0.3, -0.25) is 5.10 Å². The quantitative estimate of drug-likeness (QED) is 0.855. The fourth-order valence-electron chi connectivity index (χ4n) is 2.45. The van der Waals surface area contributed by atoms with Crippen molar-refractivity contribution >= 4 is 10.0 Å². The van der Waals surface area contributed by atoms with Crippen LogP contribution in [0.3, 0.4) is 0 Å². The molecule has 22 heavy (non-hydrogen) atoms. The highest BCUT2D eigenvalue weighted by Gasteiger charge is 2.30. The van der Waals surface area contributed by atoms with Crippen LogP contribution in [0.4, 0.5) is 0 Å². The second-order valence-corrected chi connectivity index (χ2v) is 7.08. The molecule has 0 bridgehead atoms. The largest absolute Gasteiger partial charge is 0.380 e. The number of hydrogen-bond acceptors (Lipinski definition) is 6. The van der Waals surface area contributed by atoms with Crippen molar-refractivity contribution in [3.63, 3.8) is 0 Å². The predicted octanol–water partition coefficient (Wildman–Crippen LogP) is 0.0795. The first-order valence-corrected chi connectivity index (χ1v) is 8.42. The average Bonchev–Trinajstić information content (AvgIpc) is 2.96. The van der Waals surface area contributed by atoms with E-state index in [9.17, 15) is 8.42 Å². The van der Waals surface area contributed by atoms with Crippen molar-refractivity contribution in [1.29, 1.82) is 0 Å². The lowest BCUT2D eigenvalue weighted by molar-refractivity contribution is 0.122. The summed E-state index contributed by atoms with van der Waals surface area (Å²) in [5.41, 5.74) is 0.881. The molecule has 9 heteroatoms. The topological polar surface area (TPSA) is 101 Å². The van der Waals surface area contributed by atoms with Crippen LogP contribution in [0.2, 0.25) is 0 Å². The highest BCUT2D eigenvalue weighted by Crippen LogP contribution is 2.19. The van der Waals surface area contributed by atoms with E-state index in [1.165, 1.54) is 23.0 Å². The van der Waals surface area contributed by atoms with Gasteiger partial charge in [0.15, 0.2) is 0 Å². The van der Waals surface area contributed by atoms with Crippen LogP contribution >= 0.6 is 0 Å². The van der Waals surface area contributed by atoms with Crippen LogP contribution in [0, 0.1) is 5.92 Å². The van der Waals surface area contributed by atoms with Crippen molar-refractivity contribution in [2.45, 2.75) is 11.3 Å². The number of nitrogens with zero attached hydrogens (tertiary/aromatic N) is 4. The van der Waals surface area contributed by atoms with Crippen LogP contribution in [0.1, 0.15) is 5.69 Å². The summed E-state index contributed by atoms with van der Waals surface area (Å²) in [5.74, 6) is 0.0547. The van der Waals surface area contributed by atoms with E-state index in [2.05, 4.69) is 20.2 Å². The van der Waals surface area contributed by atoms with E-state index in [1.807, 2.05) is 6.07 Å². The Morgan fingerprint density at radius 3 is 3.09 bits per heavy atom. The lowest BCUT2D eigenvalue weighted by Gasteiger charge is -2.22. The molecule has 0 spiro atoms. The number of hydrogen-bond donors (Lipinski definition) is 1. The molecule has 1 saturated heterocycles. The monoisotopic (exact) mass is 323 g/mol. The Morgan fingerprint density at radius 1 is 1.45 bits per heavy atom. The molecule has 1 aliphatic rings. The minimum atomic E-state index is -3.54. The molecule has 0 aliphatic carbocycles. The van der Waals surface area contributed by atoms with Gasteiger partial charge < -0.3 is 4.74 Å². The van der Waals surface area contributed by atoms with Crippen LogP contribution in [0.25, 0.3) is 0 Å². The van der Waals surface area contributed by atoms with E-state index < -0.39 is 10.0 Å². The first-order valence-electron chi connectivity index (χ1n) is 6.98. The molecule has 2 aromatic rings. The summed E-state index contributed by atoms with van der Waals surface area (Å²) < 4.78 is 32.2. The minimum absolute atomic E-state index is 0.0547. The van der Waals surface area contributed by atoms with Crippen molar-refractivity contribution in [1.82, 2.24) is 24.5 Å². The van der Waals surface area contributed by atoms with Gasteiger partial charge in [0.05, 0.1) is 19.4 Å². The molecule has 0 saturated carbocycles. The lowest BCUT2D eigenvalue weighted by Crippen LogP contribution is -2.36. The van der Waals surface area contributed by atoms with Gasteiger partial charge in [0.25, 0.3) is 0 Å². The Labute approximate surface area is 128 Å². The first-order chi connectivity index (χ1) is 10.7. The van der Waals surface area contributed by atoms with Crippen molar-refractivity contribution in [2.24, 2.45) is 5.92 Å². The molecule has 0 aromatic carbocycles. The molecular weight excluding hydrogens is 306 g/mol. The summed E-state index contributed by atoms with van der Waals surface area (Å²) in [6, 6.07) is 1.83. The Bertz CT molecular complexity index is 690. The second-order valence-electron chi connectivity index (χ2n) is 5.14. The molecule has 0 unspecified atom stereocenters. The third kappa shape index (κ3) is 3.32. The molecule has 3 rings (SSSR count). The fraction of sp³-hybridized carbons (Fsp3) is 0.462. The van der Waals surface area contributed by atoms with Crippen molar-refractivity contribution in [3.05, 3.63) is 36.7 Å². The highest BCUT2D eigenvalue weighted by molar-refractivity contribution is 7.89. The van der Waals surface area contributed by atoms with E-state index >= 15 is 0 Å². The van der Waals surface area contributed by atoms with Gasteiger partial charge in [-0.25, -0.2) is 18.4 Å². The third-order valence-electron chi connectivity index (χ3n) is 3.55. The Hall–Kier alpha value is -1.84. The lowest BCUT2D eigenvalue weighted by atomic mass is 10.0. The summed E-state index contributed by atoms with van der Waals surface area (Å²) in [6.07, 6.45) is 6.54. The van der Waals surface area contributed by atoms with E-state index in [0.717, 1.165) is 5.69 Å². The maximum atomic E-state index is 12.6. The Kier molecular flexibility index (Phi) is 4.46. The zero-order chi connectivity index (χ0) is 15.4. The molecule has 1 N–H and O–H groups in total. The van der Waals surface area contributed by atoms with Gasteiger partial charge >= 0.3 is 0 Å². The Balaban J connectivity index is 1.76. The molecule has 1 fully saturated rings. The molecule has 3 heterocycles. The molecular formula is C13H17N5O3S. The Morgan fingerprint density at radius 2 is 2.36 bits per heavy atom. The van der Waals surface area contributed by atoms with Gasteiger partial charge in [-0.15, -0.1) is 0 Å².